The first-order valence-corrected chi connectivity index (χ1v) is 12.3. The van der Waals surface area contributed by atoms with E-state index in [1.165, 1.54) is 11.9 Å². The Labute approximate surface area is 173 Å². The van der Waals surface area contributed by atoms with E-state index in [2.05, 4.69) is 39.4 Å². The topological polar surface area (TPSA) is 76.2 Å². The van der Waals surface area contributed by atoms with Gasteiger partial charge in [-0.05, 0) is 31.2 Å². The van der Waals surface area contributed by atoms with Gasteiger partial charge in [-0.15, -0.1) is 0 Å². The van der Waals surface area contributed by atoms with Crippen molar-refractivity contribution in [2.24, 2.45) is 11.8 Å². The zero-order valence-electron chi connectivity index (χ0n) is 17.2. The average Bonchev–Trinajstić information content (AvgIpc) is 3.27. The third-order valence-electron chi connectivity index (χ3n) is 6.39. The van der Waals surface area contributed by atoms with E-state index in [0.717, 1.165) is 45.0 Å². The number of sulfonamides is 1. The molecule has 29 heavy (non-hydrogen) atoms. The first kappa shape index (κ1) is 20.3. The van der Waals surface area contributed by atoms with Gasteiger partial charge in [-0.2, -0.15) is 4.31 Å². The van der Waals surface area contributed by atoms with Crippen molar-refractivity contribution in [2.75, 3.05) is 75.0 Å². The molecule has 2 atom stereocenters. The number of rotatable bonds is 4. The third-order valence-corrected chi connectivity index (χ3v) is 7.69. The van der Waals surface area contributed by atoms with Crippen molar-refractivity contribution in [1.82, 2.24) is 14.5 Å². The van der Waals surface area contributed by atoms with Crippen molar-refractivity contribution in [3.05, 3.63) is 24.3 Å². The van der Waals surface area contributed by atoms with Crippen LogP contribution >= 0.6 is 0 Å². The Hall–Kier alpha value is -2.00. The lowest BCUT2D eigenvalue weighted by Crippen LogP contribution is -2.48. The highest BCUT2D eigenvalue weighted by atomic mass is 32.2. The summed E-state index contributed by atoms with van der Waals surface area (Å²) in [5.74, 6) is 1.09. The molecule has 0 bridgehead atoms. The Morgan fingerprint density at radius 3 is 1.93 bits per heavy atom. The highest BCUT2D eigenvalue weighted by molar-refractivity contribution is 7.88. The first-order valence-electron chi connectivity index (χ1n) is 10.4. The molecule has 3 aliphatic rings. The maximum atomic E-state index is 12.1. The van der Waals surface area contributed by atoms with Crippen LogP contribution in [0.15, 0.2) is 24.3 Å². The van der Waals surface area contributed by atoms with Crippen LogP contribution in [0.3, 0.4) is 0 Å². The van der Waals surface area contributed by atoms with E-state index in [-0.39, 0.29) is 6.03 Å². The molecular weight excluding hydrogens is 390 g/mol. The summed E-state index contributed by atoms with van der Waals surface area (Å²) in [6.45, 7) is 8.81. The van der Waals surface area contributed by atoms with Crippen molar-refractivity contribution in [3.8, 4) is 0 Å². The molecule has 3 fully saturated rings. The predicted octanol–water partition coefficient (Wildman–Crippen LogP) is 0.866. The summed E-state index contributed by atoms with van der Waals surface area (Å²) in [7, 11) is -3.10. The van der Waals surface area contributed by atoms with Crippen LogP contribution in [-0.4, -0.2) is 88.8 Å². The average molecular weight is 422 g/mol. The van der Waals surface area contributed by atoms with Crippen LogP contribution in [0, 0.1) is 11.8 Å². The molecule has 0 aliphatic carbocycles. The maximum absolute atomic E-state index is 12.1. The molecule has 3 heterocycles. The van der Waals surface area contributed by atoms with Crippen molar-refractivity contribution in [3.63, 3.8) is 0 Å². The lowest BCUT2D eigenvalue weighted by atomic mass is 10.0. The number of fused-ring (bicyclic) bond motifs is 1. The van der Waals surface area contributed by atoms with E-state index in [1.54, 1.807) is 4.31 Å². The predicted molar refractivity (Wildman–Crippen MR) is 115 cm³/mol. The molecule has 9 heteroatoms. The van der Waals surface area contributed by atoms with Gasteiger partial charge in [-0.25, -0.2) is 13.2 Å². The minimum atomic E-state index is -3.10. The molecule has 2 amide bonds. The van der Waals surface area contributed by atoms with Crippen LogP contribution in [0.5, 0.6) is 0 Å². The number of likely N-dealkylation sites (tertiary alicyclic amines) is 1. The molecule has 1 aromatic rings. The summed E-state index contributed by atoms with van der Waals surface area (Å²) in [4.78, 5) is 18.7. The first-order chi connectivity index (χ1) is 13.8. The van der Waals surface area contributed by atoms with Gasteiger partial charge in [0.2, 0.25) is 10.0 Å². The van der Waals surface area contributed by atoms with E-state index in [4.69, 9.17) is 0 Å². The second-order valence-electron chi connectivity index (χ2n) is 8.33. The van der Waals surface area contributed by atoms with Crippen LogP contribution < -0.4 is 15.1 Å². The molecule has 8 nitrogen and oxygen atoms in total. The number of anilines is 2. The van der Waals surface area contributed by atoms with Gasteiger partial charge >= 0.3 is 6.03 Å². The molecule has 160 valence electrons. The highest BCUT2D eigenvalue weighted by Gasteiger charge is 2.41. The zero-order valence-corrected chi connectivity index (χ0v) is 18.1. The fourth-order valence-electron chi connectivity index (χ4n) is 4.79. The summed E-state index contributed by atoms with van der Waals surface area (Å²) in [5, 5.41) is 2.90. The van der Waals surface area contributed by atoms with Gasteiger partial charge in [-0.1, -0.05) is 0 Å². The monoisotopic (exact) mass is 421 g/mol. The standard InChI is InChI=1S/C20H31N5O3S/c1-3-21-20(26)24-14-16-12-23(13-17(16)15-24)19-6-4-18(5-7-19)22-8-10-25(11-9-22)29(2,27)28/h4-7,16-17H,3,8-15H2,1-2H3,(H,21,26). The normalized spacial score (nSPS) is 25.4. The number of nitrogens with zero attached hydrogens (tertiary/aromatic N) is 4. The van der Waals surface area contributed by atoms with Crippen LogP contribution in [0.2, 0.25) is 0 Å². The van der Waals surface area contributed by atoms with Crippen LogP contribution in [0.1, 0.15) is 6.92 Å². The fraction of sp³-hybridized carbons (Fsp3) is 0.650. The molecule has 3 aliphatic heterocycles. The van der Waals surface area contributed by atoms with Crippen molar-refractivity contribution >= 4 is 27.4 Å². The molecule has 0 saturated carbocycles. The van der Waals surface area contributed by atoms with Gasteiger partial charge in [-0.3, -0.25) is 0 Å². The van der Waals surface area contributed by atoms with Gasteiger partial charge in [0.1, 0.15) is 0 Å². The molecule has 0 spiro atoms. The summed E-state index contributed by atoms with van der Waals surface area (Å²) < 4.78 is 24.9. The smallest absolute Gasteiger partial charge is 0.317 e. The molecular formula is C20H31N5O3S. The Bertz CT molecular complexity index is 822. The van der Waals surface area contributed by atoms with Crippen molar-refractivity contribution in [2.45, 2.75) is 6.92 Å². The number of piperazine rings is 1. The van der Waals surface area contributed by atoms with E-state index in [0.29, 0.717) is 31.5 Å². The summed E-state index contributed by atoms with van der Waals surface area (Å²) in [5.41, 5.74) is 2.37. The molecule has 3 saturated heterocycles. The largest absolute Gasteiger partial charge is 0.371 e. The number of benzene rings is 1. The second-order valence-corrected chi connectivity index (χ2v) is 10.3. The van der Waals surface area contributed by atoms with Crippen LogP contribution in [0.25, 0.3) is 0 Å². The quantitative estimate of drug-likeness (QED) is 0.781. The number of nitrogens with one attached hydrogen (secondary N) is 1. The molecule has 1 N–H and O–H groups in total. The van der Waals surface area contributed by atoms with E-state index >= 15 is 0 Å². The van der Waals surface area contributed by atoms with E-state index in [9.17, 15) is 13.2 Å². The molecule has 2 unspecified atom stereocenters. The summed E-state index contributed by atoms with van der Waals surface area (Å²) in [6.07, 6.45) is 1.28. The van der Waals surface area contributed by atoms with Gasteiger partial charge in [0.25, 0.3) is 0 Å². The van der Waals surface area contributed by atoms with Crippen molar-refractivity contribution in [1.29, 1.82) is 0 Å². The Morgan fingerprint density at radius 2 is 1.45 bits per heavy atom. The highest BCUT2D eigenvalue weighted by Crippen LogP contribution is 2.34. The van der Waals surface area contributed by atoms with Crippen LogP contribution in [-0.2, 0) is 10.0 Å². The van der Waals surface area contributed by atoms with Crippen molar-refractivity contribution < 1.29 is 13.2 Å². The zero-order chi connectivity index (χ0) is 20.6. The second kappa shape index (κ2) is 8.02. The number of urea groups is 1. The Kier molecular flexibility index (Phi) is 5.61. The minimum absolute atomic E-state index is 0.0637. The number of carbonyl (C=O) groups is 1. The SMILES string of the molecule is CCNC(=O)N1CC2CN(c3ccc(N4CCN(S(C)(=O)=O)CC4)cc3)CC2C1. The van der Waals surface area contributed by atoms with E-state index < -0.39 is 10.0 Å². The lowest BCUT2D eigenvalue weighted by Gasteiger charge is -2.35. The summed E-state index contributed by atoms with van der Waals surface area (Å²) in [6, 6.07) is 8.68. The molecule has 0 radical (unpaired) electrons. The van der Waals surface area contributed by atoms with Gasteiger partial charge in [0.05, 0.1) is 6.26 Å². The number of hydrogen-bond acceptors (Lipinski definition) is 5. The molecule has 4 rings (SSSR count). The number of carbonyl (C=O) groups excluding carboxylic acids is 1. The summed E-state index contributed by atoms with van der Waals surface area (Å²) >= 11 is 0. The molecule has 1 aromatic carbocycles. The maximum Gasteiger partial charge on any atom is 0.317 e. The fourth-order valence-corrected chi connectivity index (χ4v) is 5.61. The lowest BCUT2D eigenvalue weighted by molar-refractivity contribution is 0.206. The number of hydrogen-bond donors (Lipinski definition) is 1. The van der Waals surface area contributed by atoms with Gasteiger partial charge in [0.15, 0.2) is 0 Å². The van der Waals surface area contributed by atoms with Crippen LogP contribution in [0.4, 0.5) is 16.2 Å². The number of amides is 2. The van der Waals surface area contributed by atoms with Gasteiger partial charge < -0.3 is 20.0 Å². The van der Waals surface area contributed by atoms with E-state index in [1.807, 2.05) is 11.8 Å². The molecule has 0 aromatic heterocycles. The Balaban J connectivity index is 1.32. The minimum Gasteiger partial charge on any atom is -0.371 e. The Morgan fingerprint density at radius 1 is 0.931 bits per heavy atom. The third kappa shape index (κ3) is 4.30. The van der Waals surface area contributed by atoms with Gasteiger partial charge in [0, 0.05) is 82.1 Å².